The Hall–Kier alpha value is -1.69. The minimum absolute atomic E-state index is 0.175. The number of rotatable bonds is 1. The average Bonchev–Trinajstić information content (AvgIpc) is 2.30. The Balaban J connectivity index is 2.66. The maximum atomic E-state index is 12.7. The van der Waals surface area contributed by atoms with Gasteiger partial charge in [0, 0.05) is 5.56 Å². The molecule has 0 saturated carbocycles. The lowest BCUT2D eigenvalue weighted by Gasteiger charge is -2.10. The summed E-state index contributed by atoms with van der Waals surface area (Å²) >= 11 is 4.77. The molecule has 2 nitrogen and oxygen atoms in total. The van der Waals surface area contributed by atoms with Crippen LogP contribution in [0.1, 0.15) is 16.8 Å². The van der Waals surface area contributed by atoms with Gasteiger partial charge in [-0.3, -0.25) is 0 Å². The molecule has 0 bridgehead atoms. The van der Waals surface area contributed by atoms with Crippen molar-refractivity contribution in [3.05, 3.63) is 45.9 Å². The lowest BCUT2D eigenvalue weighted by molar-refractivity contribution is -0.141. The minimum atomic E-state index is -4.47. The molecule has 0 radical (unpaired) electrons. The van der Waals surface area contributed by atoms with Crippen LogP contribution in [0.4, 0.5) is 13.2 Å². The molecule has 0 spiro atoms. The third-order valence-electron chi connectivity index (χ3n) is 2.72. The number of halogens is 3. The van der Waals surface area contributed by atoms with E-state index in [1.165, 1.54) is 0 Å². The van der Waals surface area contributed by atoms with E-state index in [0.29, 0.717) is 5.56 Å². The van der Waals surface area contributed by atoms with Crippen LogP contribution in [0.2, 0.25) is 0 Å². The number of hydrogen-bond acceptors (Lipinski definition) is 2. The van der Waals surface area contributed by atoms with Gasteiger partial charge in [-0.05, 0) is 43.8 Å². The number of nitrogens with one attached hydrogen (secondary N) is 1. The van der Waals surface area contributed by atoms with E-state index in [1.807, 2.05) is 26.0 Å². The first-order valence-electron chi connectivity index (χ1n) is 5.53. The monoisotopic (exact) mass is 284 g/mol. The largest absolute Gasteiger partial charge is 0.431 e. The van der Waals surface area contributed by atoms with Crippen molar-refractivity contribution >= 4 is 12.2 Å². The highest BCUT2D eigenvalue weighted by atomic mass is 32.1. The predicted octanol–water partition coefficient (Wildman–Crippen LogP) is 4.44. The number of aryl methyl sites for hydroxylation is 2. The van der Waals surface area contributed by atoms with Crippen LogP contribution in [-0.4, -0.2) is 9.97 Å². The molecule has 0 aliphatic carbocycles. The quantitative estimate of drug-likeness (QED) is 0.784. The zero-order chi connectivity index (χ0) is 14.2. The van der Waals surface area contributed by atoms with E-state index in [-0.39, 0.29) is 10.5 Å². The molecule has 19 heavy (non-hydrogen) atoms. The fourth-order valence-electron chi connectivity index (χ4n) is 1.76. The number of aromatic nitrogens is 2. The second kappa shape index (κ2) is 4.77. The maximum Gasteiger partial charge on any atom is 0.431 e. The van der Waals surface area contributed by atoms with Gasteiger partial charge in [0.2, 0.25) is 0 Å². The summed E-state index contributed by atoms with van der Waals surface area (Å²) in [6, 6.07) is 6.52. The van der Waals surface area contributed by atoms with E-state index >= 15 is 0 Å². The smallest absolute Gasteiger partial charge is 0.327 e. The van der Waals surface area contributed by atoms with Crippen LogP contribution in [0, 0.1) is 18.6 Å². The molecule has 0 aliphatic heterocycles. The third-order valence-corrected chi connectivity index (χ3v) is 2.91. The zero-order valence-corrected chi connectivity index (χ0v) is 11.1. The highest BCUT2D eigenvalue weighted by Gasteiger charge is 2.32. The Morgan fingerprint density at radius 2 is 1.84 bits per heavy atom. The Bertz CT molecular complexity index is 674. The molecule has 6 heteroatoms. The summed E-state index contributed by atoms with van der Waals surface area (Å²) < 4.78 is 38.0. The van der Waals surface area contributed by atoms with Gasteiger partial charge in [-0.1, -0.05) is 17.7 Å². The standard InChI is InChI=1S/C13H11F3N2S/c1-7-3-4-8(2)9(5-7)10-6-11(13(14,15)16)18-12(19)17-10/h3-6H,1-2H3,(H,17,18,19). The molecule has 0 unspecified atom stereocenters. The fraction of sp³-hybridized carbons (Fsp3) is 0.231. The molecule has 0 fully saturated rings. The van der Waals surface area contributed by atoms with Gasteiger partial charge in [0.05, 0.1) is 5.69 Å². The average molecular weight is 284 g/mol. The Morgan fingerprint density at radius 3 is 2.47 bits per heavy atom. The zero-order valence-electron chi connectivity index (χ0n) is 10.3. The molecule has 0 aliphatic rings. The highest BCUT2D eigenvalue weighted by molar-refractivity contribution is 7.71. The van der Waals surface area contributed by atoms with Gasteiger partial charge in [-0.2, -0.15) is 13.2 Å². The van der Waals surface area contributed by atoms with Crippen LogP contribution in [0.15, 0.2) is 24.3 Å². The summed E-state index contributed by atoms with van der Waals surface area (Å²) in [4.78, 5) is 6.05. The molecule has 1 heterocycles. The minimum Gasteiger partial charge on any atom is -0.327 e. The molecule has 100 valence electrons. The topological polar surface area (TPSA) is 28.7 Å². The van der Waals surface area contributed by atoms with Crippen molar-refractivity contribution in [2.75, 3.05) is 0 Å². The normalized spacial score (nSPS) is 11.6. The fourth-order valence-corrected chi connectivity index (χ4v) is 1.97. The second-order valence-corrected chi connectivity index (χ2v) is 4.69. The second-order valence-electron chi connectivity index (χ2n) is 4.30. The summed E-state index contributed by atoms with van der Waals surface area (Å²) in [6.07, 6.45) is -4.47. The summed E-state index contributed by atoms with van der Waals surface area (Å²) in [7, 11) is 0. The van der Waals surface area contributed by atoms with Crippen molar-refractivity contribution < 1.29 is 13.2 Å². The molecular weight excluding hydrogens is 273 g/mol. The first kappa shape index (κ1) is 13.7. The molecule has 2 rings (SSSR count). The van der Waals surface area contributed by atoms with Crippen molar-refractivity contribution in [2.45, 2.75) is 20.0 Å². The molecule has 0 saturated heterocycles. The van der Waals surface area contributed by atoms with Crippen LogP contribution < -0.4 is 0 Å². The van der Waals surface area contributed by atoms with Crippen LogP contribution in [0.25, 0.3) is 11.3 Å². The Morgan fingerprint density at radius 1 is 1.16 bits per heavy atom. The molecule has 1 aromatic heterocycles. The van der Waals surface area contributed by atoms with Crippen molar-refractivity contribution in [1.29, 1.82) is 0 Å². The maximum absolute atomic E-state index is 12.7. The molecule has 0 atom stereocenters. The molecule has 0 amide bonds. The van der Waals surface area contributed by atoms with Crippen LogP contribution in [0.5, 0.6) is 0 Å². The van der Waals surface area contributed by atoms with Crippen molar-refractivity contribution in [1.82, 2.24) is 9.97 Å². The number of H-pyrrole nitrogens is 1. The van der Waals surface area contributed by atoms with Crippen molar-refractivity contribution in [3.63, 3.8) is 0 Å². The molecule has 1 aromatic carbocycles. The van der Waals surface area contributed by atoms with Gasteiger partial charge in [0.25, 0.3) is 0 Å². The van der Waals surface area contributed by atoms with E-state index in [9.17, 15) is 13.2 Å². The summed E-state index contributed by atoms with van der Waals surface area (Å²) in [5, 5.41) is 0. The number of nitrogens with zero attached hydrogens (tertiary/aromatic N) is 1. The number of benzene rings is 1. The number of aromatic amines is 1. The Labute approximate surface area is 113 Å². The molecular formula is C13H11F3N2S. The van der Waals surface area contributed by atoms with Gasteiger partial charge >= 0.3 is 6.18 Å². The lowest BCUT2D eigenvalue weighted by atomic mass is 10.0. The van der Waals surface area contributed by atoms with Gasteiger partial charge < -0.3 is 4.98 Å². The van der Waals surface area contributed by atoms with E-state index in [4.69, 9.17) is 12.2 Å². The van der Waals surface area contributed by atoms with Crippen LogP contribution >= 0.6 is 12.2 Å². The van der Waals surface area contributed by atoms with Crippen molar-refractivity contribution in [2.24, 2.45) is 0 Å². The van der Waals surface area contributed by atoms with E-state index in [1.54, 1.807) is 6.07 Å². The number of alkyl halides is 3. The first-order valence-corrected chi connectivity index (χ1v) is 5.94. The SMILES string of the molecule is Cc1ccc(C)c(-c2cc(C(F)(F)F)[nH]c(=S)n2)c1. The van der Waals surface area contributed by atoms with Crippen LogP contribution in [-0.2, 0) is 6.18 Å². The van der Waals surface area contributed by atoms with Crippen LogP contribution in [0.3, 0.4) is 0 Å². The van der Waals surface area contributed by atoms with Gasteiger partial charge in [0.15, 0.2) is 4.77 Å². The molecule has 2 aromatic rings. The lowest BCUT2D eigenvalue weighted by Crippen LogP contribution is -2.09. The first-order chi connectivity index (χ1) is 8.77. The Kier molecular flexibility index (Phi) is 3.45. The van der Waals surface area contributed by atoms with Crippen molar-refractivity contribution in [3.8, 4) is 11.3 Å². The predicted molar refractivity (Wildman–Crippen MR) is 69.3 cm³/mol. The summed E-state index contributed by atoms with van der Waals surface area (Å²) in [5.74, 6) is 0. The number of hydrogen-bond donors (Lipinski definition) is 1. The molecule has 1 N–H and O–H groups in total. The summed E-state index contributed by atoms with van der Waals surface area (Å²) in [6.45, 7) is 3.70. The van der Waals surface area contributed by atoms with Gasteiger partial charge in [-0.25, -0.2) is 4.98 Å². The van der Waals surface area contributed by atoms with E-state index < -0.39 is 11.9 Å². The highest BCUT2D eigenvalue weighted by Crippen LogP contribution is 2.30. The van der Waals surface area contributed by atoms with E-state index in [2.05, 4.69) is 9.97 Å². The summed E-state index contributed by atoms with van der Waals surface area (Å²) in [5.41, 5.74) is 1.81. The van der Waals surface area contributed by atoms with Gasteiger partial charge in [0.1, 0.15) is 5.69 Å². The third kappa shape index (κ3) is 3.01. The van der Waals surface area contributed by atoms with E-state index in [0.717, 1.165) is 17.2 Å². The van der Waals surface area contributed by atoms with Gasteiger partial charge in [-0.15, -0.1) is 0 Å².